The summed E-state index contributed by atoms with van der Waals surface area (Å²) < 4.78 is 38.0. The van der Waals surface area contributed by atoms with Crippen LogP contribution in [-0.4, -0.2) is 87.8 Å². The minimum Gasteiger partial charge on any atom is -0.508 e. The maximum absolute atomic E-state index is 14.1. The number of carboxylic acids is 1. The number of fused-ring (bicyclic) bond motifs is 1. The van der Waals surface area contributed by atoms with Gasteiger partial charge in [-0.15, -0.1) is 0 Å². The zero-order valence-corrected chi connectivity index (χ0v) is 31.9. The molecule has 1 unspecified atom stereocenters. The molecule has 1 atom stereocenters. The van der Waals surface area contributed by atoms with Crippen LogP contribution in [0.25, 0.3) is 32.5 Å². The average molecular weight is 783 g/mol. The normalized spacial score (nSPS) is 14.2. The summed E-state index contributed by atoms with van der Waals surface area (Å²) in [7, 11) is 2.12. The molecule has 0 spiro atoms. The number of phenolic OH excluding ortho intramolecular Hbond substituents is 1. The third-order valence-corrected chi connectivity index (χ3v) is 11.0. The van der Waals surface area contributed by atoms with Crippen molar-refractivity contribution in [3.8, 4) is 45.5 Å². The highest BCUT2D eigenvalue weighted by atomic mass is 35.5. The third-order valence-electron chi connectivity index (χ3n) is 9.72. The summed E-state index contributed by atoms with van der Waals surface area (Å²) >= 11 is 8.15. The van der Waals surface area contributed by atoms with Gasteiger partial charge in [0.1, 0.15) is 36.3 Å². The maximum Gasteiger partial charge on any atom is 0.345 e. The van der Waals surface area contributed by atoms with E-state index in [9.17, 15) is 19.4 Å². The highest BCUT2D eigenvalue weighted by molar-refractivity contribution is 7.13. The molecular weight excluding hydrogens is 743 g/mol. The summed E-state index contributed by atoms with van der Waals surface area (Å²) in [5.74, 6) is -0.229. The molecule has 13 heteroatoms. The molecule has 3 heterocycles. The standard InChI is InChI=1S/C42H40ClFN4O6S/c1-26-32(15-16-34(39(26)43)52-22-21-48-19-17-47(2)18-20-48)37-38-36(24-45-40(37)28-9-11-30(44)12-10-28)55-46-41(38)54-35(42(50)51)23-29-5-3-4-6-33(29)53-25-27-7-13-31(49)14-8-27/h3-16,24,35,49H,17-23,25H2,1-2H3,(H,50,51). The molecule has 0 aliphatic carbocycles. The van der Waals surface area contributed by atoms with Gasteiger partial charge >= 0.3 is 5.97 Å². The number of hydrogen-bond donors (Lipinski definition) is 2. The van der Waals surface area contributed by atoms with Crippen LogP contribution in [0.4, 0.5) is 4.39 Å². The maximum atomic E-state index is 14.1. The highest BCUT2D eigenvalue weighted by Gasteiger charge is 2.28. The second-order valence-corrected chi connectivity index (χ2v) is 14.7. The monoisotopic (exact) mass is 782 g/mol. The number of hydrogen-bond acceptors (Lipinski definition) is 10. The first-order valence-corrected chi connectivity index (χ1v) is 19.1. The SMILES string of the molecule is Cc1c(-c2c(-c3ccc(F)cc3)ncc3snc(OC(Cc4ccccc4OCc4ccc(O)cc4)C(=O)O)c23)ccc(OCCN2CCN(C)CC2)c1Cl. The lowest BCUT2D eigenvalue weighted by Crippen LogP contribution is -2.45. The van der Waals surface area contributed by atoms with Crippen molar-refractivity contribution in [2.45, 2.75) is 26.1 Å². The fourth-order valence-corrected chi connectivity index (χ4v) is 7.48. The largest absolute Gasteiger partial charge is 0.508 e. The summed E-state index contributed by atoms with van der Waals surface area (Å²) in [5.41, 5.74) is 4.72. The van der Waals surface area contributed by atoms with E-state index in [2.05, 4.69) is 21.2 Å². The topological polar surface area (TPSA) is 117 Å². The summed E-state index contributed by atoms with van der Waals surface area (Å²) in [6.45, 7) is 7.38. The van der Waals surface area contributed by atoms with E-state index in [-0.39, 0.29) is 30.5 Å². The van der Waals surface area contributed by atoms with Crippen LogP contribution in [-0.2, 0) is 17.8 Å². The number of halogens is 2. The molecule has 1 saturated heterocycles. The quantitative estimate of drug-likeness (QED) is 0.112. The number of carbonyl (C=O) groups is 1. The van der Waals surface area contributed by atoms with Crippen molar-refractivity contribution in [2.24, 2.45) is 0 Å². The Labute approximate surface area is 327 Å². The zero-order chi connectivity index (χ0) is 38.5. The van der Waals surface area contributed by atoms with Gasteiger partial charge in [0.25, 0.3) is 0 Å². The van der Waals surface area contributed by atoms with E-state index in [1.165, 1.54) is 12.1 Å². The molecular formula is C42H40ClFN4O6S. The van der Waals surface area contributed by atoms with Crippen LogP contribution in [0.15, 0.2) is 91.1 Å². The van der Waals surface area contributed by atoms with E-state index in [0.29, 0.717) is 55.6 Å². The predicted molar refractivity (Wildman–Crippen MR) is 212 cm³/mol. The first kappa shape index (κ1) is 38.0. The van der Waals surface area contributed by atoms with Crippen molar-refractivity contribution < 1.29 is 33.6 Å². The molecule has 55 heavy (non-hydrogen) atoms. The number of likely N-dealkylation sites (N-methyl/N-ethyl adjacent to an activating group) is 1. The number of nitrogens with zero attached hydrogens (tertiary/aromatic N) is 4. The van der Waals surface area contributed by atoms with Gasteiger partial charge in [-0.2, -0.15) is 4.37 Å². The Morgan fingerprint density at radius 3 is 2.45 bits per heavy atom. The second kappa shape index (κ2) is 17.0. The van der Waals surface area contributed by atoms with Crippen molar-refractivity contribution in [3.05, 3.63) is 119 Å². The van der Waals surface area contributed by atoms with E-state index in [0.717, 1.165) is 60.9 Å². The van der Waals surface area contributed by atoms with Crippen LogP contribution in [0.1, 0.15) is 16.7 Å². The van der Waals surface area contributed by atoms with E-state index in [1.807, 2.05) is 31.2 Å². The van der Waals surface area contributed by atoms with Crippen LogP contribution in [0.5, 0.6) is 23.1 Å². The van der Waals surface area contributed by atoms with Crippen molar-refractivity contribution in [3.63, 3.8) is 0 Å². The smallest absolute Gasteiger partial charge is 0.345 e. The van der Waals surface area contributed by atoms with E-state index in [4.69, 9.17) is 30.8 Å². The van der Waals surface area contributed by atoms with Gasteiger partial charge < -0.3 is 29.3 Å². The van der Waals surface area contributed by atoms with Gasteiger partial charge in [0, 0.05) is 56.5 Å². The zero-order valence-electron chi connectivity index (χ0n) is 30.4. The Morgan fingerprint density at radius 2 is 1.71 bits per heavy atom. The van der Waals surface area contributed by atoms with Crippen molar-refractivity contribution in [2.75, 3.05) is 46.4 Å². The van der Waals surface area contributed by atoms with Crippen LogP contribution >= 0.6 is 23.1 Å². The fraction of sp³-hybridized carbons (Fsp3) is 0.262. The first-order valence-electron chi connectivity index (χ1n) is 17.9. The van der Waals surface area contributed by atoms with Gasteiger partial charge in [0.15, 0.2) is 0 Å². The lowest BCUT2D eigenvalue weighted by atomic mass is 9.93. The number of benzene rings is 4. The Bertz CT molecular complexity index is 2280. The third kappa shape index (κ3) is 8.84. The summed E-state index contributed by atoms with van der Waals surface area (Å²) in [4.78, 5) is 22.3. The molecule has 0 bridgehead atoms. The van der Waals surface area contributed by atoms with Crippen LogP contribution in [0, 0.1) is 12.7 Å². The van der Waals surface area contributed by atoms with Gasteiger partial charge in [-0.05, 0) is 96.3 Å². The molecule has 2 N–H and O–H groups in total. The molecule has 1 aliphatic rings. The molecule has 4 aromatic carbocycles. The van der Waals surface area contributed by atoms with E-state index >= 15 is 0 Å². The highest BCUT2D eigenvalue weighted by Crippen LogP contribution is 2.46. The van der Waals surface area contributed by atoms with Crippen molar-refractivity contribution >= 4 is 39.2 Å². The van der Waals surface area contributed by atoms with Crippen LogP contribution in [0.3, 0.4) is 0 Å². The minimum atomic E-state index is -1.33. The number of carboxylic acid groups (broad SMARTS) is 1. The van der Waals surface area contributed by atoms with Crippen LogP contribution in [0.2, 0.25) is 5.02 Å². The summed E-state index contributed by atoms with van der Waals surface area (Å²) in [6, 6.07) is 23.6. The first-order chi connectivity index (χ1) is 26.6. The van der Waals surface area contributed by atoms with Crippen LogP contribution < -0.4 is 14.2 Å². The van der Waals surface area contributed by atoms with Gasteiger partial charge in [-0.25, -0.2) is 9.18 Å². The molecule has 0 saturated carbocycles. The minimum absolute atomic E-state index is 0.0175. The number of aliphatic carboxylic acids is 1. The van der Waals surface area contributed by atoms with E-state index < -0.39 is 12.1 Å². The number of rotatable bonds is 14. The number of para-hydroxylation sites is 1. The lowest BCUT2D eigenvalue weighted by Gasteiger charge is -2.32. The number of aromatic hydroxyl groups is 1. The Hall–Kier alpha value is -5.27. The summed E-state index contributed by atoms with van der Waals surface area (Å²) in [5, 5.41) is 21.1. The fourth-order valence-electron chi connectivity index (χ4n) is 6.56. The van der Waals surface area contributed by atoms with Gasteiger partial charge in [-0.1, -0.05) is 48.0 Å². The number of aromatic nitrogens is 2. The van der Waals surface area contributed by atoms with Crippen molar-refractivity contribution in [1.82, 2.24) is 19.2 Å². The number of phenols is 1. The van der Waals surface area contributed by atoms with E-state index in [1.54, 1.807) is 54.7 Å². The van der Waals surface area contributed by atoms with Gasteiger partial charge in [0.2, 0.25) is 12.0 Å². The molecule has 2 aromatic heterocycles. The molecule has 6 aromatic rings. The molecule has 1 aliphatic heterocycles. The Kier molecular flexibility index (Phi) is 11.8. The molecule has 7 rings (SSSR count). The molecule has 284 valence electrons. The molecule has 1 fully saturated rings. The number of ether oxygens (including phenoxy) is 3. The van der Waals surface area contributed by atoms with Crippen molar-refractivity contribution in [1.29, 1.82) is 0 Å². The number of pyridine rings is 1. The summed E-state index contributed by atoms with van der Waals surface area (Å²) in [6.07, 6.45) is 0.313. The lowest BCUT2D eigenvalue weighted by molar-refractivity contribution is -0.145. The number of piperazine rings is 1. The average Bonchev–Trinajstić information content (AvgIpc) is 3.60. The van der Waals surface area contributed by atoms with Gasteiger partial charge in [0.05, 0.1) is 20.8 Å². The molecule has 0 radical (unpaired) electrons. The second-order valence-electron chi connectivity index (χ2n) is 13.5. The van der Waals surface area contributed by atoms with Gasteiger partial charge in [-0.3, -0.25) is 9.88 Å². The molecule has 0 amide bonds. The Morgan fingerprint density at radius 1 is 0.964 bits per heavy atom. The Balaban J connectivity index is 1.21. The predicted octanol–water partition coefficient (Wildman–Crippen LogP) is 8.11. The molecule has 10 nitrogen and oxygen atoms in total.